The van der Waals surface area contributed by atoms with Crippen LogP contribution in [0.15, 0.2) is 6.20 Å². The van der Waals surface area contributed by atoms with E-state index in [9.17, 15) is 9.59 Å². The maximum atomic E-state index is 12.4. The molecule has 0 spiro atoms. The molecule has 1 heterocycles. The Bertz CT molecular complexity index is 619. The van der Waals surface area contributed by atoms with E-state index in [0.29, 0.717) is 18.7 Å². The minimum absolute atomic E-state index is 0.0877. The average molecular weight is 332 g/mol. The number of hydrogen-bond donors (Lipinski definition) is 2. The predicted octanol–water partition coefficient (Wildman–Crippen LogP) is 1.59. The molecule has 4 aliphatic carbocycles. The number of carboxylic acids is 1. The highest BCUT2D eigenvalue weighted by molar-refractivity contribution is 5.76. The molecule has 1 aromatic rings. The molecule has 4 fully saturated rings. The van der Waals surface area contributed by atoms with Gasteiger partial charge in [0, 0.05) is 6.42 Å². The summed E-state index contributed by atoms with van der Waals surface area (Å²) in [5, 5.41) is 19.3. The molecule has 4 bridgehead atoms. The number of hydrogen-bond acceptors (Lipinski definition) is 4. The van der Waals surface area contributed by atoms with E-state index in [2.05, 4.69) is 15.6 Å². The minimum Gasteiger partial charge on any atom is -0.480 e. The summed E-state index contributed by atoms with van der Waals surface area (Å²) in [7, 11) is 0. The Morgan fingerprint density at radius 1 is 1.21 bits per heavy atom. The zero-order chi connectivity index (χ0) is 16.7. The van der Waals surface area contributed by atoms with E-state index in [0.717, 1.165) is 17.8 Å². The minimum atomic E-state index is -0.961. The van der Waals surface area contributed by atoms with Crippen LogP contribution in [0.25, 0.3) is 0 Å². The normalized spacial score (nSPS) is 33.6. The molecule has 0 unspecified atom stereocenters. The van der Waals surface area contributed by atoms with Gasteiger partial charge in [0.05, 0.1) is 12.7 Å². The van der Waals surface area contributed by atoms with Crippen LogP contribution in [0.3, 0.4) is 0 Å². The summed E-state index contributed by atoms with van der Waals surface area (Å²) in [5.41, 5.74) is 0.829. The van der Waals surface area contributed by atoms with Crippen molar-refractivity contribution >= 4 is 11.9 Å². The van der Waals surface area contributed by atoms with E-state index in [-0.39, 0.29) is 17.9 Å². The lowest BCUT2D eigenvalue weighted by Crippen LogP contribution is -2.47. The Balaban J connectivity index is 1.31. The molecule has 24 heavy (non-hydrogen) atoms. The van der Waals surface area contributed by atoms with Crippen LogP contribution in [0.5, 0.6) is 0 Å². The van der Waals surface area contributed by atoms with Crippen LogP contribution in [0.4, 0.5) is 0 Å². The summed E-state index contributed by atoms with van der Waals surface area (Å²) < 4.78 is 1.27. The van der Waals surface area contributed by atoms with Crippen molar-refractivity contribution in [3.05, 3.63) is 11.9 Å². The van der Waals surface area contributed by atoms with Gasteiger partial charge in [0.15, 0.2) is 0 Å². The summed E-state index contributed by atoms with van der Waals surface area (Å²) in [5.74, 6) is 1.67. The smallest absolute Gasteiger partial charge is 0.325 e. The van der Waals surface area contributed by atoms with Crippen molar-refractivity contribution in [1.29, 1.82) is 0 Å². The Hall–Kier alpha value is -1.92. The molecule has 0 aromatic carbocycles. The van der Waals surface area contributed by atoms with Gasteiger partial charge in [-0.25, -0.2) is 4.68 Å². The Kier molecular flexibility index (Phi) is 3.81. The average Bonchev–Trinajstić information content (AvgIpc) is 2.90. The fraction of sp³-hybridized carbons (Fsp3) is 0.765. The van der Waals surface area contributed by atoms with Gasteiger partial charge in [-0.3, -0.25) is 9.59 Å². The second kappa shape index (κ2) is 5.86. The Labute approximate surface area is 140 Å². The first-order valence-electron chi connectivity index (χ1n) is 8.87. The lowest BCUT2D eigenvalue weighted by molar-refractivity contribution is -0.138. The number of aliphatic carboxylic acids is 1. The zero-order valence-corrected chi connectivity index (χ0v) is 13.8. The molecule has 2 N–H and O–H groups in total. The van der Waals surface area contributed by atoms with Gasteiger partial charge in [-0.15, -0.1) is 5.10 Å². The molecule has 1 amide bonds. The molecule has 7 nitrogen and oxygen atoms in total. The second-order valence-corrected chi connectivity index (χ2v) is 8.17. The van der Waals surface area contributed by atoms with Crippen molar-refractivity contribution in [3.63, 3.8) is 0 Å². The first kappa shape index (κ1) is 15.6. The third-order valence-corrected chi connectivity index (χ3v) is 6.05. The van der Waals surface area contributed by atoms with E-state index in [1.807, 2.05) is 0 Å². The highest BCUT2D eigenvalue weighted by Gasteiger charge is 2.51. The third-order valence-electron chi connectivity index (χ3n) is 6.05. The maximum absolute atomic E-state index is 12.4. The molecule has 7 heteroatoms. The molecule has 130 valence electrons. The van der Waals surface area contributed by atoms with E-state index in [1.165, 1.54) is 43.2 Å². The van der Waals surface area contributed by atoms with Gasteiger partial charge < -0.3 is 10.4 Å². The number of carbonyl (C=O) groups excluding carboxylic acids is 1. The van der Waals surface area contributed by atoms with E-state index in [1.54, 1.807) is 6.20 Å². The second-order valence-electron chi connectivity index (χ2n) is 8.17. The molecule has 0 radical (unpaired) electrons. The monoisotopic (exact) mass is 332 g/mol. The SMILES string of the molecule is O=C(O)Cn1cc(CNC(=O)CC23CC4CC(CC(C4)C2)C3)nn1. The quantitative estimate of drug-likeness (QED) is 0.824. The van der Waals surface area contributed by atoms with Crippen LogP contribution < -0.4 is 5.32 Å². The molecule has 0 saturated heterocycles. The van der Waals surface area contributed by atoms with Crippen LogP contribution in [-0.4, -0.2) is 32.0 Å². The highest BCUT2D eigenvalue weighted by atomic mass is 16.4. The van der Waals surface area contributed by atoms with E-state index >= 15 is 0 Å². The van der Waals surface area contributed by atoms with E-state index in [4.69, 9.17) is 5.11 Å². The third kappa shape index (κ3) is 3.16. The van der Waals surface area contributed by atoms with Gasteiger partial charge in [0.2, 0.25) is 5.91 Å². The van der Waals surface area contributed by atoms with Crippen molar-refractivity contribution in [3.8, 4) is 0 Å². The zero-order valence-electron chi connectivity index (χ0n) is 13.8. The van der Waals surface area contributed by atoms with Crippen LogP contribution in [0, 0.1) is 23.2 Å². The number of nitrogens with zero attached hydrogens (tertiary/aromatic N) is 3. The summed E-state index contributed by atoms with van der Waals surface area (Å²) in [6.45, 7) is 0.0963. The van der Waals surface area contributed by atoms with Crippen molar-refractivity contribution < 1.29 is 14.7 Å². The van der Waals surface area contributed by atoms with E-state index < -0.39 is 5.97 Å². The van der Waals surface area contributed by atoms with Gasteiger partial charge in [-0.1, -0.05) is 5.21 Å². The standard InChI is InChI=1S/C17H24N4O3/c22-15(18-8-14-9-21(20-19-14)10-16(23)24)7-17-4-11-1-12(5-17)3-13(2-11)6-17/h9,11-13H,1-8,10H2,(H,18,22)(H,23,24). The molecular weight excluding hydrogens is 308 g/mol. The van der Waals surface area contributed by atoms with Crippen LogP contribution in [0.2, 0.25) is 0 Å². The lowest BCUT2D eigenvalue weighted by atomic mass is 9.49. The van der Waals surface area contributed by atoms with Gasteiger partial charge in [0.1, 0.15) is 12.2 Å². The summed E-state index contributed by atoms with van der Waals surface area (Å²) in [4.78, 5) is 23.1. The molecule has 0 aliphatic heterocycles. The summed E-state index contributed by atoms with van der Waals surface area (Å²) in [6, 6.07) is 0. The Morgan fingerprint density at radius 3 is 2.42 bits per heavy atom. The van der Waals surface area contributed by atoms with Crippen molar-refractivity contribution in [1.82, 2.24) is 20.3 Å². The predicted molar refractivity (Wildman–Crippen MR) is 84.7 cm³/mol. The van der Waals surface area contributed by atoms with Gasteiger partial charge >= 0.3 is 5.97 Å². The number of carboxylic acid groups (broad SMARTS) is 1. The number of nitrogens with one attached hydrogen (secondary N) is 1. The van der Waals surface area contributed by atoms with Crippen molar-refractivity contribution in [2.24, 2.45) is 23.2 Å². The fourth-order valence-electron chi connectivity index (χ4n) is 5.73. The van der Waals surface area contributed by atoms with Crippen molar-refractivity contribution in [2.45, 2.75) is 58.0 Å². The molecule has 5 rings (SSSR count). The van der Waals surface area contributed by atoms with Crippen molar-refractivity contribution in [2.75, 3.05) is 0 Å². The van der Waals surface area contributed by atoms with Gasteiger partial charge in [0.25, 0.3) is 0 Å². The first-order chi connectivity index (χ1) is 11.5. The van der Waals surface area contributed by atoms with Crippen LogP contribution >= 0.6 is 0 Å². The van der Waals surface area contributed by atoms with Crippen LogP contribution in [0.1, 0.15) is 50.6 Å². The molecule has 1 aromatic heterocycles. The number of amides is 1. The van der Waals surface area contributed by atoms with Crippen LogP contribution in [-0.2, 0) is 22.7 Å². The Morgan fingerprint density at radius 2 is 1.83 bits per heavy atom. The number of carbonyl (C=O) groups is 2. The fourth-order valence-corrected chi connectivity index (χ4v) is 5.73. The number of aromatic nitrogens is 3. The molecule has 0 atom stereocenters. The largest absolute Gasteiger partial charge is 0.480 e. The molecule has 4 aliphatic rings. The van der Waals surface area contributed by atoms with Gasteiger partial charge in [-0.2, -0.15) is 0 Å². The summed E-state index contributed by atoms with van der Waals surface area (Å²) >= 11 is 0. The first-order valence-corrected chi connectivity index (χ1v) is 8.87. The molecule has 4 saturated carbocycles. The lowest BCUT2D eigenvalue weighted by Gasteiger charge is -2.56. The maximum Gasteiger partial charge on any atom is 0.325 e. The number of rotatable bonds is 6. The molecular formula is C17H24N4O3. The van der Waals surface area contributed by atoms with Gasteiger partial charge in [-0.05, 0) is 61.7 Å². The highest BCUT2D eigenvalue weighted by Crippen LogP contribution is 2.61. The topological polar surface area (TPSA) is 97.1 Å². The summed E-state index contributed by atoms with van der Waals surface area (Å²) in [6.07, 6.45) is 10.0.